The molecule has 0 aliphatic heterocycles. The van der Waals surface area contributed by atoms with Crippen LogP contribution in [0.2, 0.25) is 0 Å². The Morgan fingerprint density at radius 2 is 1.72 bits per heavy atom. The van der Waals surface area contributed by atoms with E-state index in [4.69, 9.17) is 14.2 Å². The van der Waals surface area contributed by atoms with Gasteiger partial charge in [0.1, 0.15) is 5.69 Å². The highest BCUT2D eigenvalue weighted by molar-refractivity contribution is 5.94. The van der Waals surface area contributed by atoms with E-state index in [1.54, 1.807) is 24.3 Å². The third-order valence-electron chi connectivity index (χ3n) is 4.39. The van der Waals surface area contributed by atoms with E-state index in [0.717, 1.165) is 0 Å². The minimum Gasteiger partial charge on any atom is -0.493 e. The Hall–Kier alpha value is -3.68. The number of hydrogen-bond acceptors (Lipinski definition) is 7. The number of carbonyl (C=O) groups excluding carboxylic acids is 2. The van der Waals surface area contributed by atoms with E-state index in [0.29, 0.717) is 28.1 Å². The Labute approximate surface area is 167 Å². The van der Waals surface area contributed by atoms with Crippen molar-refractivity contribution in [1.82, 2.24) is 15.3 Å². The molecule has 29 heavy (non-hydrogen) atoms. The Bertz CT molecular complexity index is 1040. The summed E-state index contributed by atoms with van der Waals surface area (Å²) in [4.78, 5) is 33.3. The Balaban J connectivity index is 1.90. The lowest BCUT2D eigenvalue weighted by Crippen LogP contribution is -2.31. The summed E-state index contributed by atoms with van der Waals surface area (Å²) in [5.74, 6) is 0.112. The maximum atomic E-state index is 12.8. The van der Waals surface area contributed by atoms with Crippen LogP contribution in [0.5, 0.6) is 11.5 Å². The molecular formula is C21H21N3O5. The molecule has 1 amide bonds. The fourth-order valence-electron chi connectivity index (χ4n) is 2.87. The number of carbonyl (C=O) groups is 2. The van der Waals surface area contributed by atoms with E-state index in [1.165, 1.54) is 27.5 Å². The summed E-state index contributed by atoms with van der Waals surface area (Å²) < 4.78 is 15.3. The van der Waals surface area contributed by atoms with Crippen LogP contribution in [0.1, 0.15) is 28.5 Å². The number of fused-ring (bicyclic) bond motifs is 1. The Morgan fingerprint density at radius 3 is 2.41 bits per heavy atom. The fraction of sp³-hybridized carbons (Fsp3) is 0.238. The molecule has 0 saturated carbocycles. The van der Waals surface area contributed by atoms with Crippen LogP contribution in [0.4, 0.5) is 0 Å². The smallest absolute Gasteiger partial charge is 0.307 e. The van der Waals surface area contributed by atoms with Gasteiger partial charge in [-0.3, -0.25) is 14.6 Å². The van der Waals surface area contributed by atoms with Gasteiger partial charge in [-0.2, -0.15) is 0 Å². The first-order valence-electron chi connectivity index (χ1n) is 8.87. The topological polar surface area (TPSA) is 99.6 Å². The number of rotatable bonds is 7. The molecule has 0 unspecified atom stereocenters. The van der Waals surface area contributed by atoms with Gasteiger partial charge in [-0.25, -0.2) is 4.98 Å². The molecule has 2 aromatic carbocycles. The van der Waals surface area contributed by atoms with Gasteiger partial charge in [0.05, 0.1) is 51.0 Å². The number of para-hydroxylation sites is 2. The number of ether oxygens (including phenoxy) is 3. The molecule has 1 aromatic heterocycles. The summed E-state index contributed by atoms with van der Waals surface area (Å²) in [6.07, 6.45) is 1.35. The van der Waals surface area contributed by atoms with Crippen LogP contribution < -0.4 is 14.8 Å². The number of benzene rings is 2. The monoisotopic (exact) mass is 395 g/mol. The molecule has 8 nitrogen and oxygen atoms in total. The number of nitrogens with zero attached hydrogens (tertiary/aromatic N) is 2. The molecule has 150 valence electrons. The minimum atomic E-state index is -0.650. The van der Waals surface area contributed by atoms with Gasteiger partial charge in [0.25, 0.3) is 5.91 Å². The predicted molar refractivity (Wildman–Crippen MR) is 106 cm³/mol. The van der Waals surface area contributed by atoms with Gasteiger partial charge in [0, 0.05) is 0 Å². The highest BCUT2D eigenvalue weighted by Gasteiger charge is 2.22. The highest BCUT2D eigenvalue weighted by atomic mass is 16.5. The first kappa shape index (κ1) is 20.1. The molecule has 3 aromatic rings. The van der Waals surface area contributed by atoms with Crippen molar-refractivity contribution in [1.29, 1.82) is 0 Å². The van der Waals surface area contributed by atoms with Gasteiger partial charge < -0.3 is 19.5 Å². The quantitative estimate of drug-likeness (QED) is 0.614. The number of methoxy groups -OCH3 is 3. The Kier molecular flexibility index (Phi) is 6.23. The summed E-state index contributed by atoms with van der Waals surface area (Å²) >= 11 is 0. The summed E-state index contributed by atoms with van der Waals surface area (Å²) in [6.45, 7) is 0. The van der Waals surface area contributed by atoms with E-state index in [-0.39, 0.29) is 12.1 Å². The van der Waals surface area contributed by atoms with E-state index in [1.807, 2.05) is 18.2 Å². The van der Waals surface area contributed by atoms with Crippen LogP contribution in [0, 0.1) is 0 Å². The lowest BCUT2D eigenvalue weighted by Gasteiger charge is -2.19. The van der Waals surface area contributed by atoms with Crippen molar-refractivity contribution in [2.75, 3.05) is 21.3 Å². The zero-order valence-corrected chi connectivity index (χ0v) is 16.3. The average Bonchev–Trinajstić information content (AvgIpc) is 2.77. The SMILES string of the molecule is COC(=O)C[C@@H](NC(=O)c1cnc2ccccc2n1)c1ccc(OC)c(OC)c1. The van der Waals surface area contributed by atoms with Crippen molar-refractivity contribution in [2.24, 2.45) is 0 Å². The van der Waals surface area contributed by atoms with Crippen LogP contribution in [0.15, 0.2) is 48.7 Å². The molecular weight excluding hydrogens is 374 g/mol. The van der Waals surface area contributed by atoms with E-state index < -0.39 is 17.9 Å². The number of nitrogens with one attached hydrogen (secondary N) is 1. The standard InChI is InChI=1S/C21H21N3O5/c1-27-18-9-8-13(10-19(18)28-2)16(11-20(25)29-3)24-21(26)17-12-22-14-6-4-5-7-15(14)23-17/h4-10,12,16H,11H2,1-3H3,(H,24,26)/t16-/m1/s1. The molecule has 0 fully saturated rings. The normalized spacial score (nSPS) is 11.6. The van der Waals surface area contributed by atoms with E-state index >= 15 is 0 Å². The van der Waals surface area contributed by atoms with Gasteiger partial charge in [-0.05, 0) is 29.8 Å². The van der Waals surface area contributed by atoms with Gasteiger partial charge in [-0.15, -0.1) is 0 Å². The maximum absolute atomic E-state index is 12.8. The van der Waals surface area contributed by atoms with Crippen LogP contribution in [-0.4, -0.2) is 43.2 Å². The highest BCUT2D eigenvalue weighted by Crippen LogP contribution is 2.31. The number of hydrogen-bond donors (Lipinski definition) is 1. The van der Waals surface area contributed by atoms with Crippen LogP contribution in [0.25, 0.3) is 11.0 Å². The molecule has 0 aliphatic rings. The Morgan fingerprint density at radius 1 is 1.00 bits per heavy atom. The first-order valence-corrected chi connectivity index (χ1v) is 8.87. The van der Waals surface area contributed by atoms with Crippen molar-refractivity contribution in [2.45, 2.75) is 12.5 Å². The van der Waals surface area contributed by atoms with Crippen LogP contribution in [-0.2, 0) is 9.53 Å². The molecule has 0 spiro atoms. The van der Waals surface area contributed by atoms with Gasteiger partial charge in [0.2, 0.25) is 0 Å². The molecule has 3 rings (SSSR count). The first-order chi connectivity index (χ1) is 14.0. The number of aromatic nitrogens is 2. The minimum absolute atomic E-state index is 0.0568. The van der Waals surface area contributed by atoms with Gasteiger partial charge in [0.15, 0.2) is 11.5 Å². The average molecular weight is 395 g/mol. The summed E-state index contributed by atoms with van der Waals surface area (Å²) in [7, 11) is 4.34. The summed E-state index contributed by atoms with van der Waals surface area (Å²) in [6, 6.07) is 11.8. The molecule has 1 N–H and O–H groups in total. The zero-order valence-electron chi connectivity index (χ0n) is 16.3. The van der Waals surface area contributed by atoms with E-state index in [9.17, 15) is 9.59 Å². The molecule has 1 atom stereocenters. The lowest BCUT2D eigenvalue weighted by atomic mass is 10.0. The molecule has 8 heteroatoms. The van der Waals surface area contributed by atoms with Crippen LogP contribution >= 0.6 is 0 Å². The second-order valence-electron chi connectivity index (χ2n) is 6.16. The second kappa shape index (κ2) is 9.01. The molecule has 1 heterocycles. The third kappa shape index (κ3) is 4.60. The molecule has 0 radical (unpaired) electrons. The second-order valence-corrected chi connectivity index (χ2v) is 6.16. The summed E-state index contributed by atoms with van der Waals surface area (Å²) in [5, 5.41) is 2.83. The maximum Gasteiger partial charge on any atom is 0.307 e. The van der Waals surface area contributed by atoms with Crippen molar-refractivity contribution < 1.29 is 23.8 Å². The van der Waals surface area contributed by atoms with Crippen LogP contribution in [0.3, 0.4) is 0 Å². The molecule has 0 aliphatic carbocycles. The fourth-order valence-corrected chi connectivity index (χ4v) is 2.87. The van der Waals surface area contributed by atoms with Crippen molar-refractivity contribution >= 4 is 22.9 Å². The molecule has 0 bridgehead atoms. The van der Waals surface area contributed by atoms with Gasteiger partial charge >= 0.3 is 5.97 Å². The van der Waals surface area contributed by atoms with Crippen molar-refractivity contribution in [3.05, 3.63) is 59.9 Å². The van der Waals surface area contributed by atoms with Gasteiger partial charge in [-0.1, -0.05) is 18.2 Å². The van der Waals surface area contributed by atoms with Crippen molar-refractivity contribution in [3.8, 4) is 11.5 Å². The largest absolute Gasteiger partial charge is 0.493 e. The zero-order chi connectivity index (χ0) is 20.8. The van der Waals surface area contributed by atoms with Crippen molar-refractivity contribution in [3.63, 3.8) is 0 Å². The predicted octanol–water partition coefficient (Wildman–Crippen LogP) is 2.68. The van der Waals surface area contributed by atoms with E-state index in [2.05, 4.69) is 15.3 Å². The lowest BCUT2D eigenvalue weighted by molar-refractivity contribution is -0.141. The third-order valence-corrected chi connectivity index (χ3v) is 4.39. The number of esters is 1. The number of amides is 1. The summed E-state index contributed by atoms with van der Waals surface area (Å²) in [5.41, 5.74) is 2.11. The molecule has 0 saturated heterocycles.